The molecule has 0 bridgehead atoms. The molecule has 4 rings (SSSR count). The summed E-state index contributed by atoms with van der Waals surface area (Å²) < 4.78 is 25.5. The SMILES string of the molecule is CCS(=O)(=O)N1CCN(CCCCNC(=O)N2CCN3C(=O)N(c4ccc(C#N)c(Cl)c4C)CC3C2)CC1. The molecule has 0 radical (unpaired) electrons. The lowest BCUT2D eigenvalue weighted by Gasteiger charge is -2.36. The van der Waals surface area contributed by atoms with Gasteiger partial charge in [-0.3, -0.25) is 4.90 Å². The van der Waals surface area contributed by atoms with Gasteiger partial charge in [0, 0.05) is 64.6 Å². The highest BCUT2D eigenvalue weighted by Gasteiger charge is 2.42. The number of fused-ring (bicyclic) bond motifs is 1. The number of halogens is 1. The molecule has 1 aromatic rings. The van der Waals surface area contributed by atoms with E-state index in [1.165, 1.54) is 0 Å². The molecule has 1 aromatic carbocycles. The van der Waals surface area contributed by atoms with Crippen LogP contribution in [0.4, 0.5) is 15.3 Å². The molecule has 3 fully saturated rings. The number of hydrogen-bond acceptors (Lipinski definition) is 6. The second-order valence-electron chi connectivity index (χ2n) is 9.95. The Hall–Kier alpha value is -2.59. The molecule has 1 N–H and O–H groups in total. The number of urea groups is 2. The van der Waals surface area contributed by atoms with Crippen LogP contribution in [0.2, 0.25) is 5.02 Å². The van der Waals surface area contributed by atoms with Crippen LogP contribution >= 0.6 is 11.6 Å². The van der Waals surface area contributed by atoms with Crippen molar-refractivity contribution in [2.45, 2.75) is 32.7 Å². The molecule has 38 heavy (non-hydrogen) atoms. The molecule has 1 unspecified atom stereocenters. The minimum Gasteiger partial charge on any atom is -0.338 e. The van der Waals surface area contributed by atoms with Gasteiger partial charge in [0.2, 0.25) is 10.0 Å². The zero-order valence-electron chi connectivity index (χ0n) is 22.0. The standard InChI is InChI=1S/C25H36ClN7O4S/c1-3-38(36,37)31-13-10-29(11-14-31)9-5-4-8-28-24(34)30-12-15-32-21(17-30)18-33(25(32)35)22-7-6-20(16-27)23(26)19(22)2/h6-7,21H,3-5,8-15,17-18H2,1-2H3,(H,28,34). The second-order valence-corrected chi connectivity index (χ2v) is 12.6. The third-order valence-corrected chi connectivity index (χ3v) is 10.0. The molecule has 3 heterocycles. The minimum absolute atomic E-state index is 0.105. The Balaban J connectivity index is 1.19. The van der Waals surface area contributed by atoms with Crippen molar-refractivity contribution in [1.29, 1.82) is 5.26 Å². The number of amides is 4. The van der Waals surface area contributed by atoms with E-state index in [0.29, 0.717) is 67.7 Å². The van der Waals surface area contributed by atoms with Gasteiger partial charge in [-0.2, -0.15) is 9.57 Å². The van der Waals surface area contributed by atoms with E-state index < -0.39 is 10.0 Å². The third kappa shape index (κ3) is 6.01. The van der Waals surface area contributed by atoms with Crippen molar-refractivity contribution in [2.75, 3.05) is 76.1 Å². The van der Waals surface area contributed by atoms with Crippen molar-refractivity contribution in [3.8, 4) is 6.07 Å². The van der Waals surface area contributed by atoms with Crippen molar-refractivity contribution in [2.24, 2.45) is 0 Å². The van der Waals surface area contributed by atoms with Crippen molar-refractivity contribution in [1.82, 2.24) is 24.3 Å². The van der Waals surface area contributed by atoms with Gasteiger partial charge in [0.1, 0.15) is 6.07 Å². The number of anilines is 1. The van der Waals surface area contributed by atoms with Crippen LogP contribution in [0.15, 0.2) is 12.1 Å². The van der Waals surface area contributed by atoms with E-state index in [-0.39, 0.29) is 23.9 Å². The molecule has 3 saturated heterocycles. The number of sulfonamides is 1. The summed E-state index contributed by atoms with van der Waals surface area (Å²) in [6.07, 6.45) is 1.76. The summed E-state index contributed by atoms with van der Waals surface area (Å²) >= 11 is 6.32. The van der Waals surface area contributed by atoms with E-state index in [0.717, 1.165) is 32.5 Å². The van der Waals surface area contributed by atoms with Gasteiger partial charge in [0.25, 0.3) is 0 Å². The molecular formula is C25H36ClN7O4S. The van der Waals surface area contributed by atoms with Crippen molar-refractivity contribution in [3.05, 3.63) is 28.3 Å². The van der Waals surface area contributed by atoms with Crippen LogP contribution in [-0.2, 0) is 10.0 Å². The molecule has 1 atom stereocenters. The monoisotopic (exact) mass is 565 g/mol. The summed E-state index contributed by atoms with van der Waals surface area (Å²) in [5.41, 5.74) is 1.77. The van der Waals surface area contributed by atoms with Crippen LogP contribution in [0.3, 0.4) is 0 Å². The number of piperazine rings is 2. The number of hydrogen-bond donors (Lipinski definition) is 1. The number of benzene rings is 1. The zero-order valence-corrected chi connectivity index (χ0v) is 23.6. The average Bonchev–Trinajstić information content (AvgIpc) is 3.25. The van der Waals surface area contributed by atoms with Gasteiger partial charge in [0.05, 0.1) is 22.4 Å². The maximum Gasteiger partial charge on any atom is 0.325 e. The van der Waals surface area contributed by atoms with Crippen molar-refractivity contribution >= 4 is 39.4 Å². The first-order chi connectivity index (χ1) is 18.2. The molecule has 208 valence electrons. The van der Waals surface area contributed by atoms with Crippen LogP contribution in [0.25, 0.3) is 0 Å². The number of nitrogens with zero attached hydrogens (tertiary/aromatic N) is 6. The lowest BCUT2D eigenvalue weighted by Crippen LogP contribution is -2.56. The number of carbonyl (C=O) groups excluding carboxylic acids is 2. The van der Waals surface area contributed by atoms with E-state index in [2.05, 4.69) is 16.3 Å². The summed E-state index contributed by atoms with van der Waals surface area (Å²) in [7, 11) is -3.11. The first kappa shape index (κ1) is 28.4. The molecule has 0 aliphatic carbocycles. The summed E-state index contributed by atoms with van der Waals surface area (Å²) in [5.74, 6) is 0.142. The van der Waals surface area contributed by atoms with E-state index >= 15 is 0 Å². The quantitative estimate of drug-likeness (QED) is 0.481. The molecule has 13 heteroatoms. The Morgan fingerprint density at radius 1 is 1.13 bits per heavy atom. The van der Waals surface area contributed by atoms with E-state index in [9.17, 15) is 23.3 Å². The Morgan fingerprint density at radius 2 is 1.87 bits per heavy atom. The molecule has 4 amide bonds. The number of nitriles is 1. The van der Waals surface area contributed by atoms with Gasteiger partial charge in [-0.15, -0.1) is 0 Å². The number of unbranched alkanes of at least 4 members (excludes halogenated alkanes) is 1. The second kappa shape index (κ2) is 12.1. The molecular weight excluding hydrogens is 530 g/mol. The fraction of sp³-hybridized carbons (Fsp3) is 0.640. The summed E-state index contributed by atoms with van der Waals surface area (Å²) in [4.78, 5) is 33.4. The number of rotatable bonds is 8. The zero-order chi connectivity index (χ0) is 27.4. The van der Waals surface area contributed by atoms with E-state index in [4.69, 9.17) is 11.6 Å². The highest BCUT2D eigenvalue weighted by molar-refractivity contribution is 7.89. The summed E-state index contributed by atoms with van der Waals surface area (Å²) in [6, 6.07) is 5.12. The molecule has 0 spiro atoms. The molecule has 11 nitrogen and oxygen atoms in total. The van der Waals surface area contributed by atoms with Crippen molar-refractivity contribution in [3.63, 3.8) is 0 Å². The van der Waals surface area contributed by atoms with Crippen LogP contribution in [0.1, 0.15) is 30.9 Å². The van der Waals surface area contributed by atoms with E-state index in [1.807, 2.05) is 0 Å². The van der Waals surface area contributed by atoms with Gasteiger partial charge in [-0.25, -0.2) is 18.0 Å². The lowest BCUT2D eigenvalue weighted by atomic mass is 10.1. The van der Waals surface area contributed by atoms with Gasteiger partial charge in [0.15, 0.2) is 0 Å². The normalized spacial score (nSPS) is 20.9. The lowest BCUT2D eigenvalue weighted by molar-refractivity contribution is 0.129. The smallest absolute Gasteiger partial charge is 0.325 e. The molecule has 3 aliphatic rings. The predicted octanol–water partition coefficient (Wildman–Crippen LogP) is 1.90. The molecule has 0 aromatic heterocycles. The van der Waals surface area contributed by atoms with Gasteiger partial charge < -0.3 is 20.0 Å². The first-order valence-corrected chi connectivity index (χ1v) is 15.1. The minimum atomic E-state index is -3.11. The van der Waals surface area contributed by atoms with Gasteiger partial charge in [-0.05, 0) is 50.9 Å². The Kier molecular flexibility index (Phi) is 9.03. The van der Waals surface area contributed by atoms with Gasteiger partial charge in [-0.1, -0.05) is 11.6 Å². The van der Waals surface area contributed by atoms with Crippen LogP contribution in [0, 0.1) is 18.3 Å². The Bertz CT molecular complexity index is 1200. The van der Waals surface area contributed by atoms with Gasteiger partial charge >= 0.3 is 12.1 Å². The van der Waals surface area contributed by atoms with E-state index in [1.54, 1.807) is 45.0 Å². The average molecular weight is 566 g/mol. The van der Waals surface area contributed by atoms with Crippen LogP contribution in [-0.4, -0.2) is 117 Å². The largest absolute Gasteiger partial charge is 0.338 e. The van der Waals surface area contributed by atoms with Crippen molar-refractivity contribution < 1.29 is 18.0 Å². The molecule has 3 aliphatic heterocycles. The van der Waals surface area contributed by atoms with Crippen LogP contribution in [0.5, 0.6) is 0 Å². The fourth-order valence-corrected chi connectivity index (χ4v) is 6.62. The molecule has 0 saturated carbocycles. The number of carbonyl (C=O) groups is 2. The number of nitrogens with one attached hydrogen (secondary N) is 1. The highest BCUT2D eigenvalue weighted by Crippen LogP contribution is 2.33. The highest BCUT2D eigenvalue weighted by atomic mass is 35.5. The first-order valence-electron chi connectivity index (χ1n) is 13.2. The Labute approximate surface area is 229 Å². The summed E-state index contributed by atoms with van der Waals surface area (Å²) in [6.45, 7) is 9.34. The predicted molar refractivity (Wildman–Crippen MR) is 146 cm³/mol. The maximum atomic E-state index is 13.1. The van der Waals surface area contributed by atoms with Crippen LogP contribution < -0.4 is 10.2 Å². The Morgan fingerprint density at radius 3 is 2.55 bits per heavy atom. The topological polar surface area (TPSA) is 120 Å². The maximum absolute atomic E-state index is 13.1. The fourth-order valence-electron chi connectivity index (χ4n) is 5.33. The third-order valence-electron chi connectivity index (χ3n) is 7.68. The summed E-state index contributed by atoms with van der Waals surface area (Å²) in [5, 5.41) is 12.6.